The van der Waals surface area contributed by atoms with Crippen LogP contribution in [0.5, 0.6) is 0 Å². The highest BCUT2D eigenvalue weighted by Gasteiger charge is 2.26. The van der Waals surface area contributed by atoms with Crippen LogP contribution in [0.1, 0.15) is 0 Å². The van der Waals surface area contributed by atoms with Gasteiger partial charge in [-0.25, -0.2) is 0 Å². The van der Waals surface area contributed by atoms with Gasteiger partial charge in [0.2, 0.25) is 0 Å². The molecule has 132 valence electrons. The summed E-state index contributed by atoms with van der Waals surface area (Å²) in [5.74, 6) is -1.18. The Hall–Kier alpha value is -1.83. The number of carbonyl (C=O) groups excluding carboxylic acids is 2. The van der Waals surface area contributed by atoms with Gasteiger partial charge >= 0.3 is 11.8 Å². The molecular formula is C16H22ClN3O4. The first kappa shape index (κ1) is 18.5. The maximum Gasteiger partial charge on any atom is 0.312 e. The van der Waals surface area contributed by atoms with Gasteiger partial charge in [-0.15, -0.1) is 0 Å². The third-order valence-corrected chi connectivity index (χ3v) is 4.12. The van der Waals surface area contributed by atoms with Gasteiger partial charge in [-0.2, -0.15) is 0 Å². The Morgan fingerprint density at radius 1 is 1.21 bits per heavy atom. The molecule has 7 nitrogen and oxygen atoms in total. The highest BCUT2D eigenvalue weighted by molar-refractivity contribution is 6.35. The monoisotopic (exact) mass is 355 g/mol. The molecule has 1 aromatic carbocycles. The summed E-state index contributed by atoms with van der Waals surface area (Å²) < 4.78 is 9.94. The lowest BCUT2D eigenvalue weighted by Gasteiger charge is -2.35. The molecule has 0 unspecified atom stereocenters. The lowest BCUT2D eigenvalue weighted by Crippen LogP contribution is -2.53. The number of piperazine rings is 1. The molecular weight excluding hydrogens is 334 g/mol. The average molecular weight is 356 g/mol. The highest BCUT2D eigenvalue weighted by atomic mass is 35.5. The molecule has 2 rings (SSSR count). The zero-order valence-electron chi connectivity index (χ0n) is 13.8. The van der Waals surface area contributed by atoms with Gasteiger partial charge in [0, 0.05) is 51.1 Å². The smallest absolute Gasteiger partial charge is 0.312 e. The predicted molar refractivity (Wildman–Crippen MR) is 91.1 cm³/mol. The van der Waals surface area contributed by atoms with Crippen LogP contribution < -0.4 is 10.2 Å². The molecule has 1 N–H and O–H groups in total. The summed E-state index contributed by atoms with van der Waals surface area (Å²) in [6.07, 6.45) is -0.568. The molecule has 0 saturated carbocycles. The Bertz CT molecular complexity index is 572. The Morgan fingerprint density at radius 3 is 2.46 bits per heavy atom. The predicted octanol–water partition coefficient (Wildman–Crippen LogP) is 0.724. The van der Waals surface area contributed by atoms with E-state index in [-0.39, 0.29) is 6.54 Å². The number of methoxy groups -OCH3 is 2. The molecule has 8 heteroatoms. The third-order valence-electron chi connectivity index (χ3n) is 3.89. The number of benzene rings is 1. The first-order chi connectivity index (χ1) is 11.5. The molecule has 24 heavy (non-hydrogen) atoms. The second kappa shape index (κ2) is 8.86. The van der Waals surface area contributed by atoms with Crippen molar-refractivity contribution >= 4 is 29.1 Å². The summed E-state index contributed by atoms with van der Waals surface area (Å²) in [6, 6.07) is 7.58. The minimum absolute atomic E-state index is 0.125. The van der Waals surface area contributed by atoms with Crippen LogP contribution in [0.2, 0.25) is 5.02 Å². The zero-order valence-corrected chi connectivity index (χ0v) is 14.6. The van der Waals surface area contributed by atoms with Gasteiger partial charge in [-0.3, -0.25) is 9.59 Å². The number of nitrogens with one attached hydrogen (secondary N) is 1. The summed E-state index contributed by atoms with van der Waals surface area (Å²) in [5.41, 5.74) is 1.02. The van der Waals surface area contributed by atoms with Crippen LogP contribution in [0.25, 0.3) is 0 Å². The van der Waals surface area contributed by atoms with Crippen LogP contribution in [-0.4, -0.2) is 69.9 Å². The minimum atomic E-state index is -0.648. The fraction of sp³-hybridized carbons (Fsp3) is 0.500. The summed E-state index contributed by atoms with van der Waals surface area (Å²) >= 11 is 6.00. The largest absolute Gasteiger partial charge is 0.368 e. The van der Waals surface area contributed by atoms with Gasteiger partial charge in [-0.1, -0.05) is 17.7 Å². The first-order valence-corrected chi connectivity index (χ1v) is 8.06. The number of carbonyl (C=O) groups is 2. The molecule has 1 heterocycles. The second-order valence-electron chi connectivity index (χ2n) is 5.37. The van der Waals surface area contributed by atoms with Crippen LogP contribution in [0.3, 0.4) is 0 Å². The zero-order chi connectivity index (χ0) is 17.5. The maximum absolute atomic E-state index is 12.2. The van der Waals surface area contributed by atoms with Crippen molar-refractivity contribution < 1.29 is 19.1 Å². The standard InChI is InChI=1S/C16H22ClN3O4/c1-23-14(24-2)11-18-15(21)16(22)20-8-6-19(7-9-20)13-5-3-4-12(17)10-13/h3-5,10,14H,6-9,11H2,1-2H3,(H,18,21). The molecule has 1 aliphatic rings. The van der Waals surface area contributed by atoms with Crippen molar-refractivity contribution in [3.05, 3.63) is 29.3 Å². The van der Waals surface area contributed by atoms with Crippen molar-refractivity contribution in [1.82, 2.24) is 10.2 Å². The molecule has 1 aromatic rings. The fourth-order valence-corrected chi connectivity index (χ4v) is 2.68. The van der Waals surface area contributed by atoms with Gasteiger partial charge in [0.25, 0.3) is 0 Å². The van der Waals surface area contributed by atoms with Gasteiger partial charge in [0.1, 0.15) is 0 Å². The molecule has 0 spiro atoms. The Morgan fingerprint density at radius 2 is 1.88 bits per heavy atom. The Kier molecular flexibility index (Phi) is 6.84. The van der Waals surface area contributed by atoms with E-state index in [1.807, 2.05) is 24.3 Å². The molecule has 1 aliphatic heterocycles. The number of rotatable bonds is 5. The number of anilines is 1. The van der Waals surface area contributed by atoms with Crippen molar-refractivity contribution in [2.24, 2.45) is 0 Å². The van der Waals surface area contributed by atoms with E-state index in [0.717, 1.165) is 5.69 Å². The average Bonchev–Trinajstić information content (AvgIpc) is 2.62. The van der Waals surface area contributed by atoms with E-state index in [1.54, 1.807) is 4.90 Å². The van der Waals surface area contributed by atoms with E-state index in [1.165, 1.54) is 14.2 Å². The van der Waals surface area contributed by atoms with E-state index < -0.39 is 18.1 Å². The fourth-order valence-electron chi connectivity index (χ4n) is 2.50. The second-order valence-corrected chi connectivity index (χ2v) is 5.81. The van der Waals surface area contributed by atoms with Crippen LogP contribution in [-0.2, 0) is 19.1 Å². The van der Waals surface area contributed by atoms with E-state index in [4.69, 9.17) is 21.1 Å². The molecule has 0 bridgehead atoms. The maximum atomic E-state index is 12.2. The van der Waals surface area contributed by atoms with Crippen molar-refractivity contribution in [2.45, 2.75) is 6.29 Å². The van der Waals surface area contributed by atoms with Crippen molar-refractivity contribution in [2.75, 3.05) is 51.8 Å². The summed E-state index contributed by atoms with van der Waals surface area (Å²) in [7, 11) is 2.94. The Labute approximate surface area is 146 Å². The number of nitrogens with zero attached hydrogens (tertiary/aromatic N) is 2. The first-order valence-electron chi connectivity index (χ1n) is 7.68. The Balaban J connectivity index is 1.83. The van der Waals surface area contributed by atoms with E-state index >= 15 is 0 Å². The lowest BCUT2D eigenvalue weighted by atomic mass is 10.2. The third kappa shape index (κ3) is 4.83. The summed E-state index contributed by atoms with van der Waals surface area (Å²) in [5, 5.41) is 3.20. The van der Waals surface area contributed by atoms with Crippen molar-refractivity contribution in [3.8, 4) is 0 Å². The van der Waals surface area contributed by atoms with Gasteiger partial charge in [-0.05, 0) is 18.2 Å². The molecule has 2 amide bonds. The number of amides is 2. The van der Waals surface area contributed by atoms with E-state index in [0.29, 0.717) is 31.2 Å². The molecule has 0 aromatic heterocycles. The molecule has 0 atom stereocenters. The topological polar surface area (TPSA) is 71.1 Å². The van der Waals surface area contributed by atoms with E-state index in [9.17, 15) is 9.59 Å². The summed E-state index contributed by atoms with van der Waals surface area (Å²) in [4.78, 5) is 27.8. The van der Waals surface area contributed by atoms with Crippen LogP contribution >= 0.6 is 11.6 Å². The van der Waals surface area contributed by atoms with Gasteiger partial charge in [0.15, 0.2) is 6.29 Å². The SMILES string of the molecule is COC(CNC(=O)C(=O)N1CCN(c2cccc(Cl)c2)CC1)OC. The molecule has 1 fully saturated rings. The van der Waals surface area contributed by atoms with Crippen molar-refractivity contribution in [1.29, 1.82) is 0 Å². The summed E-state index contributed by atoms with van der Waals surface area (Å²) in [6.45, 7) is 2.39. The number of halogens is 1. The molecule has 1 saturated heterocycles. The number of ether oxygens (including phenoxy) is 2. The quantitative estimate of drug-likeness (QED) is 0.622. The molecule has 0 aliphatic carbocycles. The van der Waals surface area contributed by atoms with Crippen LogP contribution in [0, 0.1) is 0 Å². The minimum Gasteiger partial charge on any atom is -0.368 e. The lowest BCUT2D eigenvalue weighted by molar-refractivity contribution is -0.148. The van der Waals surface area contributed by atoms with Crippen LogP contribution in [0.4, 0.5) is 5.69 Å². The van der Waals surface area contributed by atoms with Gasteiger partial charge < -0.3 is 24.6 Å². The van der Waals surface area contributed by atoms with Crippen molar-refractivity contribution in [3.63, 3.8) is 0 Å². The van der Waals surface area contributed by atoms with Gasteiger partial charge in [0.05, 0.1) is 6.54 Å². The number of hydrogen-bond donors (Lipinski definition) is 1. The molecule has 0 radical (unpaired) electrons. The van der Waals surface area contributed by atoms with Crippen LogP contribution in [0.15, 0.2) is 24.3 Å². The number of hydrogen-bond acceptors (Lipinski definition) is 5. The van der Waals surface area contributed by atoms with E-state index in [2.05, 4.69) is 10.2 Å². The normalized spacial score (nSPS) is 14.8. The highest BCUT2D eigenvalue weighted by Crippen LogP contribution is 2.20.